The quantitative estimate of drug-likeness (QED) is 0.0356. The minimum atomic E-state index is -0.813. The molecular weight excluding hydrogens is 610 g/mol. The van der Waals surface area contributed by atoms with Crippen LogP contribution in [0, 0.1) is 0 Å². The van der Waals surface area contributed by atoms with Gasteiger partial charge >= 0.3 is 5.97 Å². The topological polar surface area (TPSA) is 95.9 Å². The highest BCUT2D eigenvalue weighted by molar-refractivity contribution is 5.77. The first-order chi connectivity index (χ1) is 24.0. The molecule has 0 aromatic carbocycles. The van der Waals surface area contributed by atoms with Gasteiger partial charge in [-0.1, -0.05) is 197 Å². The molecule has 0 saturated carbocycles. The molecule has 3 atom stereocenters. The number of hydrogen-bond donors (Lipinski definition) is 3. The average Bonchev–Trinajstić information content (AvgIpc) is 3.09. The van der Waals surface area contributed by atoms with Crippen molar-refractivity contribution in [3.05, 3.63) is 60.8 Å². The van der Waals surface area contributed by atoms with Gasteiger partial charge in [-0.3, -0.25) is 9.59 Å². The minimum absolute atomic E-state index is 0.0188. The zero-order chi connectivity index (χ0) is 36.0. The summed E-state index contributed by atoms with van der Waals surface area (Å²) in [6.07, 6.45) is 43.1. The lowest BCUT2D eigenvalue weighted by Gasteiger charge is -2.24. The molecule has 1 amide bonds. The summed E-state index contributed by atoms with van der Waals surface area (Å²) < 4.78 is 5.77. The Morgan fingerprint density at radius 1 is 0.612 bits per heavy atom. The Balaban J connectivity index is 4.81. The zero-order valence-electron chi connectivity index (χ0n) is 31.8. The molecule has 0 aromatic rings. The van der Waals surface area contributed by atoms with Crippen LogP contribution in [0.2, 0.25) is 0 Å². The van der Waals surface area contributed by atoms with E-state index >= 15 is 0 Å². The van der Waals surface area contributed by atoms with Gasteiger partial charge in [-0.15, -0.1) is 0 Å². The van der Waals surface area contributed by atoms with E-state index in [2.05, 4.69) is 32.2 Å². The summed E-state index contributed by atoms with van der Waals surface area (Å²) in [6.45, 7) is 6.23. The lowest BCUT2D eigenvalue weighted by Crippen LogP contribution is -2.46. The van der Waals surface area contributed by atoms with Crippen LogP contribution in [0.4, 0.5) is 0 Å². The van der Waals surface area contributed by atoms with Gasteiger partial charge in [0.1, 0.15) is 6.10 Å². The number of rotatable bonds is 34. The SMILES string of the molecule is CC/C=C/C=C/C=C\C=C/C=C/CC(CC(=O)NC(CO)C(O)CCCCCCCCCCC)OC(=O)CCCCCCCCCCCC. The molecule has 0 radical (unpaired) electrons. The highest BCUT2D eigenvalue weighted by atomic mass is 16.5. The van der Waals surface area contributed by atoms with Crippen LogP contribution in [-0.4, -0.2) is 46.9 Å². The molecule has 0 saturated heterocycles. The van der Waals surface area contributed by atoms with E-state index in [1.54, 1.807) is 0 Å². The van der Waals surface area contributed by atoms with Gasteiger partial charge in [0.15, 0.2) is 0 Å². The molecular formula is C43H75NO5. The Bertz CT molecular complexity index is 906. The summed E-state index contributed by atoms with van der Waals surface area (Å²) in [7, 11) is 0. The van der Waals surface area contributed by atoms with Gasteiger partial charge in [0.05, 0.1) is 25.2 Å². The second-order valence-corrected chi connectivity index (χ2v) is 13.4. The number of amides is 1. The fraction of sp³-hybridized carbons (Fsp3) is 0.721. The molecule has 282 valence electrons. The van der Waals surface area contributed by atoms with Crippen LogP contribution in [0.15, 0.2) is 60.8 Å². The summed E-state index contributed by atoms with van der Waals surface area (Å²) in [4.78, 5) is 25.7. The molecule has 0 aromatic heterocycles. The van der Waals surface area contributed by atoms with Crippen molar-refractivity contribution in [2.24, 2.45) is 0 Å². The number of aliphatic hydroxyl groups is 2. The lowest BCUT2D eigenvalue weighted by atomic mass is 10.0. The van der Waals surface area contributed by atoms with Crippen molar-refractivity contribution in [2.75, 3.05) is 6.61 Å². The Kier molecular flexibility index (Phi) is 35.0. The van der Waals surface area contributed by atoms with Crippen molar-refractivity contribution in [1.29, 1.82) is 0 Å². The third kappa shape index (κ3) is 32.5. The Labute approximate surface area is 301 Å². The fourth-order valence-corrected chi connectivity index (χ4v) is 5.68. The van der Waals surface area contributed by atoms with E-state index in [1.165, 1.54) is 83.5 Å². The third-order valence-electron chi connectivity index (χ3n) is 8.74. The molecule has 0 heterocycles. The molecule has 6 nitrogen and oxygen atoms in total. The largest absolute Gasteiger partial charge is 0.461 e. The normalized spacial score (nSPS) is 14.1. The number of hydrogen-bond acceptors (Lipinski definition) is 5. The first-order valence-electron chi connectivity index (χ1n) is 20.1. The van der Waals surface area contributed by atoms with Crippen LogP contribution in [0.1, 0.15) is 175 Å². The molecule has 49 heavy (non-hydrogen) atoms. The van der Waals surface area contributed by atoms with Gasteiger partial charge < -0.3 is 20.3 Å². The van der Waals surface area contributed by atoms with Crippen LogP contribution in [0.3, 0.4) is 0 Å². The zero-order valence-corrected chi connectivity index (χ0v) is 31.8. The maximum atomic E-state index is 13.0. The molecule has 0 rings (SSSR count). The highest BCUT2D eigenvalue weighted by Gasteiger charge is 2.23. The van der Waals surface area contributed by atoms with Crippen LogP contribution in [0.5, 0.6) is 0 Å². The van der Waals surface area contributed by atoms with Crippen molar-refractivity contribution >= 4 is 11.9 Å². The van der Waals surface area contributed by atoms with E-state index < -0.39 is 18.2 Å². The molecule has 0 aliphatic heterocycles. The molecule has 0 aliphatic rings. The number of carbonyl (C=O) groups excluding carboxylic acids is 2. The lowest BCUT2D eigenvalue weighted by molar-refractivity contribution is -0.150. The van der Waals surface area contributed by atoms with Crippen molar-refractivity contribution in [3.8, 4) is 0 Å². The first kappa shape index (κ1) is 46.6. The minimum Gasteiger partial charge on any atom is -0.461 e. The van der Waals surface area contributed by atoms with E-state index in [0.717, 1.165) is 44.9 Å². The van der Waals surface area contributed by atoms with Crippen LogP contribution < -0.4 is 5.32 Å². The average molecular weight is 686 g/mol. The molecule has 0 aliphatic carbocycles. The number of nitrogens with one attached hydrogen (secondary N) is 1. The molecule has 3 unspecified atom stereocenters. The molecule has 0 spiro atoms. The van der Waals surface area contributed by atoms with E-state index in [4.69, 9.17) is 4.74 Å². The van der Waals surface area contributed by atoms with Crippen LogP contribution in [-0.2, 0) is 14.3 Å². The molecule has 0 bridgehead atoms. The fourth-order valence-electron chi connectivity index (χ4n) is 5.68. The van der Waals surface area contributed by atoms with Gasteiger partial charge in [0.25, 0.3) is 0 Å². The Morgan fingerprint density at radius 3 is 1.55 bits per heavy atom. The third-order valence-corrected chi connectivity index (χ3v) is 8.74. The molecule has 0 fully saturated rings. The van der Waals surface area contributed by atoms with E-state index in [-0.39, 0.29) is 24.9 Å². The number of esters is 1. The highest BCUT2D eigenvalue weighted by Crippen LogP contribution is 2.15. The predicted octanol–water partition coefficient (Wildman–Crippen LogP) is 10.9. The summed E-state index contributed by atoms with van der Waals surface area (Å²) >= 11 is 0. The van der Waals surface area contributed by atoms with Crippen LogP contribution >= 0.6 is 0 Å². The second-order valence-electron chi connectivity index (χ2n) is 13.4. The number of unbranched alkanes of at least 4 members (excludes halogenated alkanes) is 17. The van der Waals surface area contributed by atoms with Crippen LogP contribution in [0.25, 0.3) is 0 Å². The van der Waals surface area contributed by atoms with Gasteiger partial charge in [-0.05, 0) is 19.3 Å². The summed E-state index contributed by atoms with van der Waals surface area (Å²) in [5, 5.41) is 23.4. The second kappa shape index (κ2) is 36.8. The van der Waals surface area contributed by atoms with Crippen molar-refractivity contribution < 1.29 is 24.5 Å². The number of allylic oxidation sites excluding steroid dienone is 9. The number of aliphatic hydroxyl groups excluding tert-OH is 2. The van der Waals surface area contributed by atoms with Gasteiger partial charge in [0, 0.05) is 12.8 Å². The summed E-state index contributed by atoms with van der Waals surface area (Å²) in [6, 6.07) is -0.735. The standard InChI is InChI=1S/C43H75NO5/c1-4-7-10-13-16-19-21-23-25-28-31-34-39(49-43(48)36-33-30-27-24-20-17-14-11-8-5-2)37-42(47)44-40(38-45)41(46)35-32-29-26-22-18-15-12-9-6-3/h7,10,13,16,19,21,23,25,28,31,39-41,45-46H,4-6,8-9,11-12,14-15,17-18,20,22,24,26-27,29-30,32-38H2,1-3H3,(H,44,47)/b10-7+,16-13+,21-19-,25-23-,31-28+. The Morgan fingerprint density at radius 2 is 1.06 bits per heavy atom. The summed E-state index contributed by atoms with van der Waals surface area (Å²) in [5.74, 6) is -0.616. The molecule has 6 heteroatoms. The molecule has 3 N–H and O–H groups in total. The van der Waals surface area contributed by atoms with E-state index in [1.807, 2.05) is 54.7 Å². The first-order valence-corrected chi connectivity index (χ1v) is 20.1. The number of carbonyl (C=O) groups is 2. The smallest absolute Gasteiger partial charge is 0.306 e. The van der Waals surface area contributed by atoms with Gasteiger partial charge in [-0.2, -0.15) is 0 Å². The predicted molar refractivity (Wildman–Crippen MR) is 208 cm³/mol. The van der Waals surface area contributed by atoms with E-state index in [9.17, 15) is 19.8 Å². The number of ether oxygens (including phenoxy) is 1. The van der Waals surface area contributed by atoms with Gasteiger partial charge in [-0.25, -0.2) is 0 Å². The van der Waals surface area contributed by atoms with Crippen molar-refractivity contribution in [2.45, 2.75) is 193 Å². The summed E-state index contributed by atoms with van der Waals surface area (Å²) in [5.41, 5.74) is 0. The van der Waals surface area contributed by atoms with Crippen molar-refractivity contribution in [3.63, 3.8) is 0 Å². The van der Waals surface area contributed by atoms with Gasteiger partial charge in [0.2, 0.25) is 5.91 Å². The Hall–Kier alpha value is -2.44. The maximum Gasteiger partial charge on any atom is 0.306 e. The van der Waals surface area contributed by atoms with Crippen molar-refractivity contribution in [1.82, 2.24) is 5.32 Å². The van der Waals surface area contributed by atoms with E-state index in [0.29, 0.717) is 19.3 Å². The maximum absolute atomic E-state index is 13.0. The monoisotopic (exact) mass is 686 g/mol.